The number of hydrogen-bond donors (Lipinski definition) is 0. The average molecular weight is 1100 g/mol. The zero-order chi connectivity index (χ0) is 57.9. The number of ether oxygens (including phenoxy) is 4. The first-order valence-corrected chi connectivity index (χ1v) is 29.1. The van der Waals surface area contributed by atoms with Gasteiger partial charge in [0.1, 0.15) is 23.0 Å². The Morgan fingerprint density at radius 1 is 0.274 bits per heavy atom. The Bertz CT molecular complexity index is 4170. The topological polar surface area (TPSA) is 43.4 Å². The summed E-state index contributed by atoms with van der Waals surface area (Å²) in [4.78, 5) is 4.88. The van der Waals surface area contributed by atoms with E-state index in [0.717, 1.165) is 67.9 Å². The van der Waals surface area contributed by atoms with Crippen molar-refractivity contribution in [2.75, 3.05) is 38.2 Å². The molecule has 2 aliphatic rings. The molecule has 84 heavy (non-hydrogen) atoms. The summed E-state index contributed by atoms with van der Waals surface area (Å²) in [5.74, 6) is 3.18. The molecule has 0 amide bonds. The van der Waals surface area contributed by atoms with E-state index in [4.69, 9.17) is 18.9 Å². The summed E-state index contributed by atoms with van der Waals surface area (Å²) in [5.41, 5.74) is 13.9. The number of anilines is 6. The van der Waals surface area contributed by atoms with Crippen LogP contribution in [0.5, 0.6) is 23.0 Å². The van der Waals surface area contributed by atoms with Crippen LogP contribution in [0, 0.1) is 10.8 Å². The van der Waals surface area contributed by atoms with E-state index in [1.807, 2.05) is 0 Å². The lowest BCUT2D eigenvalue weighted by molar-refractivity contribution is 0.0596. The van der Waals surface area contributed by atoms with Gasteiger partial charge < -0.3 is 28.7 Å². The molecule has 2 unspecified atom stereocenters. The molecule has 0 saturated heterocycles. The van der Waals surface area contributed by atoms with E-state index < -0.39 is 21.7 Å². The van der Waals surface area contributed by atoms with Crippen molar-refractivity contribution < 1.29 is 18.9 Å². The predicted molar refractivity (Wildman–Crippen MR) is 350 cm³/mol. The molecule has 2 atom stereocenters. The fourth-order valence-corrected chi connectivity index (χ4v) is 15.5. The number of fused-ring (bicyclic) bond motifs is 14. The summed E-state index contributed by atoms with van der Waals surface area (Å²) in [6, 6.07) is 85.4. The van der Waals surface area contributed by atoms with Crippen LogP contribution in [0.1, 0.15) is 63.8 Å². The van der Waals surface area contributed by atoms with Crippen LogP contribution in [-0.4, -0.2) is 28.4 Å². The van der Waals surface area contributed by atoms with Gasteiger partial charge >= 0.3 is 0 Å². The van der Waals surface area contributed by atoms with E-state index in [1.165, 1.54) is 76.8 Å². The number of nitrogens with zero attached hydrogens (tertiary/aromatic N) is 2. The molecule has 14 rings (SSSR count). The Hall–Kier alpha value is -9.52. The third kappa shape index (κ3) is 7.41. The van der Waals surface area contributed by atoms with E-state index >= 15 is 0 Å². The van der Waals surface area contributed by atoms with Gasteiger partial charge in [0.15, 0.2) is 0 Å². The Morgan fingerprint density at radius 3 is 0.821 bits per heavy atom. The second kappa shape index (κ2) is 19.6. The van der Waals surface area contributed by atoms with Crippen LogP contribution < -0.4 is 28.7 Å². The van der Waals surface area contributed by atoms with Crippen molar-refractivity contribution in [1.29, 1.82) is 0 Å². The van der Waals surface area contributed by atoms with Crippen molar-refractivity contribution in [1.82, 2.24) is 0 Å². The molecule has 0 radical (unpaired) electrons. The second-order valence-electron chi connectivity index (χ2n) is 24.6. The minimum atomic E-state index is -0.815. The highest BCUT2D eigenvalue weighted by Crippen LogP contribution is 2.77. The monoisotopic (exact) mass is 1100 g/mol. The van der Waals surface area contributed by atoms with Crippen molar-refractivity contribution in [3.63, 3.8) is 0 Å². The highest BCUT2D eigenvalue weighted by molar-refractivity contribution is 6.19. The Balaban J connectivity index is 1.21. The Kier molecular flexibility index (Phi) is 12.2. The van der Waals surface area contributed by atoms with E-state index in [1.54, 1.807) is 28.4 Å². The minimum Gasteiger partial charge on any atom is -0.497 e. The standard InChI is InChI=1S/C78H68N2O4/c1-75(2,3)77(65-45-27-49-19-11-13-21-59(49)71(65)73-63-25-17-15-23-61(63)69(47-67(73)77)79(51-29-37-55(81-7)38-30-51)52-31-39-56(82-8)40-32-52)78(76(4,5)6)66-46-28-50-20-12-14-22-60(50)72(66)74-64-26-18-16-24-62(64)70(48-68(74)78)80(53-33-41-57(83-9)42-34-53)54-35-43-58(84-10)44-36-54/h11-48H,1-10H3. The summed E-state index contributed by atoms with van der Waals surface area (Å²) in [6.45, 7) is 15.1. The lowest BCUT2D eigenvalue weighted by Crippen LogP contribution is -2.62. The van der Waals surface area contributed by atoms with E-state index in [2.05, 4.69) is 282 Å². The van der Waals surface area contributed by atoms with Crippen LogP contribution in [-0.2, 0) is 10.8 Å². The molecule has 0 saturated carbocycles. The summed E-state index contributed by atoms with van der Waals surface area (Å²) >= 11 is 0. The third-order valence-corrected chi connectivity index (χ3v) is 18.6. The largest absolute Gasteiger partial charge is 0.497 e. The van der Waals surface area contributed by atoms with Crippen molar-refractivity contribution in [3.8, 4) is 45.3 Å². The summed E-state index contributed by atoms with van der Waals surface area (Å²) < 4.78 is 23.2. The molecule has 414 valence electrons. The molecule has 2 aliphatic carbocycles. The quantitative estimate of drug-likeness (QED) is 0.129. The highest BCUT2D eigenvalue weighted by Gasteiger charge is 2.71. The number of rotatable bonds is 11. The molecule has 0 bridgehead atoms. The van der Waals surface area contributed by atoms with E-state index in [0.29, 0.717) is 0 Å². The van der Waals surface area contributed by atoms with Gasteiger partial charge in [-0.15, -0.1) is 0 Å². The normalized spacial score (nSPS) is 16.1. The molecule has 0 aliphatic heterocycles. The molecule has 0 heterocycles. The van der Waals surface area contributed by atoms with Gasteiger partial charge in [-0.2, -0.15) is 0 Å². The molecule has 12 aromatic rings. The zero-order valence-corrected chi connectivity index (χ0v) is 49.5. The van der Waals surface area contributed by atoms with Crippen LogP contribution in [0.15, 0.2) is 231 Å². The third-order valence-electron chi connectivity index (χ3n) is 18.6. The first-order chi connectivity index (χ1) is 40.8. The van der Waals surface area contributed by atoms with Crippen LogP contribution in [0.4, 0.5) is 34.1 Å². The highest BCUT2D eigenvalue weighted by atomic mass is 16.5. The van der Waals surface area contributed by atoms with Gasteiger partial charge in [0.05, 0.1) is 39.8 Å². The van der Waals surface area contributed by atoms with Gasteiger partial charge in [0.2, 0.25) is 0 Å². The SMILES string of the molecule is COc1ccc(N(c2ccc(OC)cc2)c2cc3c(c4ccccc24)-c2c(ccc4ccccc24)C3(C(C)(C)C)C2(C(C)(C)C)c3ccc4ccccc4c3-c3c2cc(N(c2ccc(OC)cc2)c2ccc(OC)cc2)c2ccccc32)cc1. The Labute approximate surface area is 493 Å². The van der Waals surface area contributed by atoms with Crippen molar-refractivity contribution in [3.05, 3.63) is 253 Å². The predicted octanol–water partition coefficient (Wildman–Crippen LogP) is 20.6. The average Bonchev–Trinajstić information content (AvgIpc) is 1.44. The smallest absolute Gasteiger partial charge is 0.119 e. The minimum absolute atomic E-state index is 0.504. The maximum Gasteiger partial charge on any atom is 0.119 e. The van der Waals surface area contributed by atoms with Crippen LogP contribution in [0.25, 0.3) is 65.3 Å². The van der Waals surface area contributed by atoms with Gasteiger partial charge in [0, 0.05) is 44.4 Å². The molecule has 0 aromatic heterocycles. The maximum atomic E-state index is 5.81. The van der Waals surface area contributed by atoms with Crippen LogP contribution >= 0.6 is 0 Å². The van der Waals surface area contributed by atoms with Gasteiger partial charge in [-0.1, -0.05) is 163 Å². The van der Waals surface area contributed by atoms with Crippen LogP contribution in [0.2, 0.25) is 0 Å². The van der Waals surface area contributed by atoms with Gasteiger partial charge in [-0.05, 0) is 197 Å². The number of benzene rings is 12. The Morgan fingerprint density at radius 2 is 0.536 bits per heavy atom. The summed E-state index contributed by atoms with van der Waals surface area (Å²) in [7, 11) is 6.91. The molecule has 0 N–H and O–H groups in total. The van der Waals surface area contributed by atoms with E-state index in [-0.39, 0.29) is 0 Å². The molecular formula is C78H68N2O4. The number of hydrogen-bond acceptors (Lipinski definition) is 6. The van der Waals surface area contributed by atoms with Crippen molar-refractivity contribution in [2.24, 2.45) is 10.8 Å². The maximum absolute atomic E-state index is 5.81. The molecule has 12 aromatic carbocycles. The lowest BCUT2D eigenvalue weighted by atomic mass is 9.39. The fourth-order valence-electron chi connectivity index (χ4n) is 15.5. The molecule has 0 fully saturated rings. The van der Waals surface area contributed by atoms with Crippen LogP contribution in [0.3, 0.4) is 0 Å². The second-order valence-corrected chi connectivity index (χ2v) is 24.6. The fraction of sp³-hybridized carbons (Fsp3) is 0.179. The zero-order valence-electron chi connectivity index (χ0n) is 49.5. The lowest BCUT2D eigenvalue weighted by Gasteiger charge is -2.62. The first-order valence-electron chi connectivity index (χ1n) is 29.1. The van der Waals surface area contributed by atoms with Gasteiger partial charge in [-0.25, -0.2) is 0 Å². The summed E-state index contributed by atoms with van der Waals surface area (Å²) in [5, 5.41) is 9.61. The molecule has 6 heteroatoms. The van der Waals surface area contributed by atoms with Gasteiger partial charge in [-0.3, -0.25) is 0 Å². The van der Waals surface area contributed by atoms with E-state index in [9.17, 15) is 0 Å². The molecule has 0 spiro atoms. The van der Waals surface area contributed by atoms with Crippen molar-refractivity contribution in [2.45, 2.75) is 52.4 Å². The van der Waals surface area contributed by atoms with Crippen molar-refractivity contribution >= 4 is 77.2 Å². The molecular weight excluding hydrogens is 1030 g/mol. The first kappa shape index (κ1) is 52.5. The number of methoxy groups -OCH3 is 4. The van der Waals surface area contributed by atoms with Gasteiger partial charge in [0.25, 0.3) is 0 Å². The summed E-state index contributed by atoms with van der Waals surface area (Å²) in [6.07, 6.45) is 0. The molecule has 6 nitrogen and oxygen atoms in total.